The summed E-state index contributed by atoms with van der Waals surface area (Å²) in [5.41, 5.74) is 1.23. The van der Waals surface area contributed by atoms with Crippen molar-refractivity contribution < 1.29 is 0 Å². The highest BCUT2D eigenvalue weighted by Gasteiger charge is 2.13. The molecule has 1 aromatic carbocycles. The van der Waals surface area contributed by atoms with E-state index in [9.17, 15) is 0 Å². The van der Waals surface area contributed by atoms with E-state index >= 15 is 0 Å². The average Bonchev–Trinajstić information content (AvgIpc) is 2.93. The van der Waals surface area contributed by atoms with Gasteiger partial charge in [-0.2, -0.15) is 5.26 Å². The minimum Gasteiger partial charge on any atom is -0.369 e. The van der Waals surface area contributed by atoms with Crippen molar-refractivity contribution in [3.8, 4) is 6.07 Å². The highest BCUT2D eigenvalue weighted by atomic mass is 15.2. The number of hydrogen-bond donors (Lipinski definition) is 0. The highest BCUT2D eigenvalue weighted by molar-refractivity contribution is 5.46. The lowest BCUT2D eigenvalue weighted by molar-refractivity contribution is 0.345. The molecule has 0 atom stereocenters. The van der Waals surface area contributed by atoms with Gasteiger partial charge in [0.1, 0.15) is 0 Å². The molecular formula is C15H21N3. The van der Waals surface area contributed by atoms with Crippen LogP contribution < -0.4 is 4.90 Å². The van der Waals surface area contributed by atoms with Gasteiger partial charge in [-0.15, -0.1) is 0 Å². The summed E-state index contributed by atoms with van der Waals surface area (Å²) in [4.78, 5) is 4.84. The van der Waals surface area contributed by atoms with Gasteiger partial charge in [-0.05, 0) is 38.1 Å². The quantitative estimate of drug-likeness (QED) is 0.769. The predicted molar refractivity (Wildman–Crippen MR) is 74.6 cm³/mol. The van der Waals surface area contributed by atoms with Crippen molar-refractivity contribution in [2.75, 3.05) is 37.6 Å². The molecule has 3 heteroatoms. The Bertz CT molecular complexity index is 376. The lowest BCUT2D eigenvalue weighted by atomic mass is 10.2. The molecular weight excluding hydrogens is 222 g/mol. The van der Waals surface area contributed by atoms with E-state index in [1.165, 1.54) is 31.6 Å². The summed E-state index contributed by atoms with van der Waals surface area (Å²) in [6, 6.07) is 12.6. The Balaban J connectivity index is 1.90. The molecule has 1 fully saturated rings. The first-order valence-corrected chi connectivity index (χ1v) is 6.79. The van der Waals surface area contributed by atoms with Crippen LogP contribution in [0.4, 0.5) is 5.69 Å². The zero-order valence-electron chi connectivity index (χ0n) is 10.9. The average molecular weight is 243 g/mol. The van der Waals surface area contributed by atoms with Crippen molar-refractivity contribution in [2.24, 2.45) is 0 Å². The molecule has 0 spiro atoms. The van der Waals surface area contributed by atoms with Crippen LogP contribution in [0.3, 0.4) is 0 Å². The van der Waals surface area contributed by atoms with Gasteiger partial charge in [-0.25, -0.2) is 0 Å². The van der Waals surface area contributed by atoms with Gasteiger partial charge in [0, 0.05) is 25.3 Å². The van der Waals surface area contributed by atoms with Crippen LogP contribution in [0.5, 0.6) is 0 Å². The fraction of sp³-hybridized carbons (Fsp3) is 0.533. The van der Waals surface area contributed by atoms with Gasteiger partial charge in [0.25, 0.3) is 0 Å². The fourth-order valence-corrected chi connectivity index (χ4v) is 2.46. The van der Waals surface area contributed by atoms with E-state index < -0.39 is 0 Å². The molecule has 1 aromatic rings. The monoisotopic (exact) mass is 243 g/mol. The molecule has 0 bridgehead atoms. The second kappa shape index (κ2) is 7.03. The Morgan fingerprint density at radius 1 is 1.11 bits per heavy atom. The van der Waals surface area contributed by atoms with Gasteiger partial charge in [-0.3, -0.25) is 0 Å². The van der Waals surface area contributed by atoms with E-state index in [1.807, 2.05) is 6.07 Å². The number of nitrogens with zero attached hydrogens (tertiary/aromatic N) is 3. The zero-order chi connectivity index (χ0) is 12.6. The molecule has 18 heavy (non-hydrogen) atoms. The Labute approximate surface area is 110 Å². The maximum absolute atomic E-state index is 8.75. The van der Waals surface area contributed by atoms with Gasteiger partial charge in [0.05, 0.1) is 12.5 Å². The fourth-order valence-electron chi connectivity index (χ4n) is 2.46. The van der Waals surface area contributed by atoms with E-state index in [-0.39, 0.29) is 0 Å². The molecule has 1 saturated heterocycles. The number of hydrogen-bond acceptors (Lipinski definition) is 3. The molecule has 0 aliphatic carbocycles. The van der Waals surface area contributed by atoms with E-state index in [1.54, 1.807) is 0 Å². The molecule has 0 radical (unpaired) electrons. The Morgan fingerprint density at radius 2 is 1.83 bits per heavy atom. The largest absolute Gasteiger partial charge is 0.369 e. The standard InChI is InChI=1S/C15H21N3/c16-9-6-12-18(15-7-2-1-3-8-15)14-13-17-10-4-5-11-17/h1-3,7-8H,4-6,10-14H2. The number of rotatable bonds is 6. The summed E-state index contributed by atoms with van der Waals surface area (Å²) in [5, 5.41) is 8.75. The third kappa shape index (κ3) is 3.75. The molecule has 1 heterocycles. The molecule has 0 unspecified atom stereocenters. The van der Waals surface area contributed by atoms with Crippen molar-refractivity contribution in [3.63, 3.8) is 0 Å². The van der Waals surface area contributed by atoms with Crippen molar-refractivity contribution in [1.29, 1.82) is 5.26 Å². The Hall–Kier alpha value is -1.53. The smallest absolute Gasteiger partial charge is 0.0640 e. The van der Waals surface area contributed by atoms with Crippen LogP contribution in [0.15, 0.2) is 30.3 Å². The van der Waals surface area contributed by atoms with Crippen LogP contribution in [0.1, 0.15) is 19.3 Å². The van der Waals surface area contributed by atoms with E-state index in [4.69, 9.17) is 5.26 Å². The Kier molecular flexibility index (Phi) is 5.04. The summed E-state index contributed by atoms with van der Waals surface area (Å²) < 4.78 is 0. The van der Waals surface area contributed by atoms with Crippen LogP contribution in [-0.4, -0.2) is 37.6 Å². The second-order valence-corrected chi connectivity index (χ2v) is 4.78. The van der Waals surface area contributed by atoms with Crippen molar-refractivity contribution in [1.82, 2.24) is 4.90 Å². The summed E-state index contributed by atoms with van der Waals surface area (Å²) in [6.07, 6.45) is 3.27. The molecule has 3 nitrogen and oxygen atoms in total. The van der Waals surface area contributed by atoms with Crippen LogP contribution in [0.2, 0.25) is 0 Å². The van der Waals surface area contributed by atoms with Crippen molar-refractivity contribution in [3.05, 3.63) is 30.3 Å². The lowest BCUT2D eigenvalue weighted by Gasteiger charge is -2.26. The van der Waals surface area contributed by atoms with Crippen LogP contribution in [-0.2, 0) is 0 Å². The molecule has 0 saturated carbocycles. The first-order valence-electron chi connectivity index (χ1n) is 6.79. The second-order valence-electron chi connectivity index (χ2n) is 4.78. The summed E-state index contributed by atoms with van der Waals surface area (Å²) in [7, 11) is 0. The number of benzene rings is 1. The molecule has 1 aliphatic heterocycles. The van der Waals surface area contributed by atoms with E-state index in [0.717, 1.165) is 19.6 Å². The summed E-state index contributed by atoms with van der Waals surface area (Å²) in [6.45, 7) is 5.43. The van der Waals surface area contributed by atoms with Gasteiger partial charge < -0.3 is 9.80 Å². The molecule has 0 N–H and O–H groups in total. The highest BCUT2D eigenvalue weighted by Crippen LogP contribution is 2.14. The number of para-hydroxylation sites is 1. The van der Waals surface area contributed by atoms with Gasteiger partial charge in [0.15, 0.2) is 0 Å². The third-order valence-electron chi connectivity index (χ3n) is 3.50. The third-order valence-corrected chi connectivity index (χ3v) is 3.50. The van der Waals surface area contributed by atoms with Crippen LogP contribution >= 0.6 is 0 Å². The molecule has 2 rings (SSSR count). The van der Waals surface area contributed by atoms with Gasteiger partial charge in [-0.1, -0.05) is 18.2 Å². The minimum absolute atomic E-state index is 0.592. The van der Waals surface area contributed by atoms with Crippen molar-refractivity contribution >= 4 is 5.69 Å². The summed E-state index contributed by atoms with van der Waals surface area (Å²) in [5.74, 6) is 0. The topological polar surface area (TPSA) is 30.3 Å². The first kappa shape index (κ1) is 12.9. The number of nitriles is 1. The lowest BCUT2D eigenvalue weighted by Crippen LogP contribution is -2.34. The minimum atomic E-state index is 0.592. The predicted octanol–water partition coefficient (Wildman–Crippen LogP) is 2.50. The Morgan fingerprint density at radius 3 is 2.50 bits per heavy atom. The van der Waals surface area contributed by atoms with Crippen molar-refractivity contribution in [2.45, 2.75) is 19.3 Å². The zero-order valence-corrected chi connectivity index (χ0v) is 10.9. The van der Waals surface area contributed by atoms with Crippen LogP contribution in [0.25, 0.3) is 0 Å². The maximum Gasteiger partial charge on any atom is 0.0640 e. The molecule has 0 amide bonds. The van der Waals surface area contributed by atoms with Gasteiger partial charge >= 0.3 is 0 Å². The summed E-state index contributed by atoms with van der Waals surface area (Å²) >= 11 is 0. The number of likely N-dealkylation sites (tertiary alicyclic amines) is 1. The normalized spacial score (nSPS) is 15.5. The molecule has 96 valence electrons. The molecule has 1 aliphatic rings. The van der Waals surface area contributed by atoms with Crippen LogP contribution in [0, 0.1) is 11.3 Å². The van der Waals surface area contributed by atoms with Gasteiger partial charge in [0.2, 0.25) is 0 Å². The molecule has 0 aromatic heterocycles. The number of anilines is 1. The van der Waals surface area contributed by atoms with E-state index in [2.05, 4.69) is 40.1 Å². The maximum atomic E-state index is 8.75. The van der Waals surface area contributed by atoms with E-state index in [0.29, 0.717) is 6.42 Å². The SMILES string of the molecule is N#CCCN(CCN1CCCC1)c1ccccc1. The first-order chi connectivity index (χ1) is 8.90.